The fourth-order valence-electron chi connectivity index (χ4n) is 5.88. The fraction of sp³-hybridized carbons (Fsp3) is 0.226. The van der Waals surface area contributed by atoms with Gasteiger partial charge in [-0.2, -0.15) is 0 Å². The van der Waals surface area contributed by atoms with Gasteiger partial charge in [-0.25, -0.2) is 0 Å². The van der Waals surface area contributed by atoms with Gasteiger partial charge in [-0.15, -0.1) is 0 Å². The topological polar surface area (TPSA) is 40.5 Å². The molecule has 2 nitrogen and oxygen atoms in total. The van der Waals surface area contributed by atoms with Crippen LogP contribution in [0.15, 0.2) is 60.7 Å². The molecule has 0 aromatic heterocycles. The summed E-state index contributed by atoms with van der Waals surface area (Å²) in [4.78, 5) is 0. The van der Waals surface area contributed by atoms with Gasteiger partial charge in [-0.1, -0.05) is 60.7 Å². The van der Waals surface area contributed by atoms with Crippen LogP contribution in [-0.4, -0.2) is 10.2 Å². The standard InChI is InChI=1S/C31H30O2/c1-17-15-27(19(3)21(5)29(17)32)31(28-16-18(2)30(33)22(6)20(28)4)25-13-9-7-11-23(25)24-12-8-10-14-26(24)31/h7-16,32-33H,1-6H3. The highest BCUT2D eigenvalue weighted by atomic mass is 16.3. The van der Waals surface area contributed by atoms with E-state index in [2.05, 4.69) is 74.5 Å². The number of hydrogen-bond acceptors (Lipinski definition) is 2. The van der Waals surface area contributed by atoms with Gasteiger partial charge in [-0.3, -0.25) is 0 Å². The molecular weight excluding hydrogens is 404 g/mol. The molecule has 0 saturated carbocycles. The van der Waals surface area contributed by atoms with E-state index in [4.69, 9.17) is 0 Å². The highest BCUT2D eigenvalue weighted by molar-refractivity contribution is 5.87. The number of phenols is 2. The van der Waals surface area contributed by atoms with Crippen molar-refractivity contribution in [2.45, 2.75) is 47.0 Å². The van der Waals surface area contributed by atoms with E-state index in [1.165, 1.54) is 33.4 Å². The van der Waals surface area contributed by atoms with Gasteiger partial charge < -0.3 is 10.2 Å². The van der Waals surface area contributed by atoms with E-state index in [1.807, 2.05) is 27.7 Å². The lowest BCUT2D eigenvalue weighted by molar-refractivity contribution is 0.465. The van der Waals surface area contributed by atoms with Crippen molar-refractivity contribution in [1.29, 1.82) is 0 Å². The van der Waals surface area contributed by atoms with Crippen LogP contribution in [0.5, 0.6) is 11.5 Å². The third kappa shape index (κ3) is 2.67. The Balaban J connectivity index is 2.07. The molecule has 0 aliphatic heterocycles. The number of benzene rings is 4. The highest BCUT2D eigenvalue weighted by Gasteiger charge is 2.48. The molecule has 5 rings (SSSR count). The Hall–Kier alpha value is -3.52. The Bertz CT molecular complexity index is 1330. The van der Waals surface area contributed by atoms with Gasteiger partial charge in [0.1, 0.15) is 11.5 Å². The van der Waals surface area contributed by atoms with Gasteiger partial charge >= 0.3 is 0 Å². The molecule has 0 heterocycles. The van der Waals surface area contributed by atoms with Crippen LogP contribution in [0.4, 0.5) is 0 Å². The predicted molar refractivity (Wildman–Crippen MR) is 135 cm³/mol. The van der Waals surface area contributed by atoms with Crippen LogP contribution in [0, 0.1) is 41.5 Å². The number of aryl methyl sites for hydroxylation is 2. The number of phenolic OH excluding ortho intramolecular Hbond substituents is 2. The molecule has 0 radical (unpaired) electrons. The first kappa shape index (κ1) is 21.3. The number of hydrogen-bond donors (Lipinski definition) is 2. The van der Waals surface area contributed by atoms with Crippen LogP contribution >= 0.6 is 0 Å². The SMILES string of the molecule is Cc1cc(C2(c3cc(C)c(O)c(C)c3C)c3ccccc3-c3ccccc32)c(C)c(C)c1O. The first-order valence-corrected chi connectivity index (χ1v) is 11.5. The molecule has 33 heavy (non-hydrogen) atoms. The smallest absolute Gasteiger partial charge is 0.121 e. The van der Waals surface area contributed by atoms with E-state index < -0.39 is 5.41 Å². The van der Waals surface area contributed by atoms with Crippen LogP contribution in [0.3, 0.4) is 0 Å². The molecular formula is C31H30O2. The monoisotopic (exact) mass is 434 g/mol. The largest absolute Gasteiger partial charge is 0.507 e. The second kappa shape index (κ2) is 7.25. The molecule has 166 valence electrons. The summed E-state index contributed by atoms with van der Waals surface area (Å²) in [6, 6.07) is 21.7. The van der Waals surface area contributed by atoms with E-state index in [0.29, 0.717) is 11.5 Å². The molecule has 0 saturated heterocycles. The average molecular weight is 435 g/mol. The molecule has 2 N–H and O–H groups in total. The maximum absolute atomic E-state index is 10.7. The van der Waals surface area contributed by atoms with Crippen molar-refractivity contribution in [1.82, 2.24) is 0 Å². The maximum atomic E-state index is 10.7. The summed E-state index contributed by atoms with van der Waals surface area (Å²) in [6.45, 7) is 12.2. The van der Waals surface area contributed by atoms with E-state index in [-0.39, 0.29) is 0 Å². The molecule has 0 atom stereocenters. The Morgan fingerprint density at radius 3 is 1.24 bits per heavy atom. The minimum Gasteiger partial charge on any atom is -0.507 e. The minimum atomic E-state index is -0.548. The van der Waals surface area contributed by atoms with Gasteiger partial charge in [0.15, 0.2) is 0 Å². The van der Waals surface area contributed by atoms with Crippen molar-refractivity contribution < 1.29 is 10.2 Å². The van der Waals surface area contributed by atoms with Crippen molar-refractivity contribution in [2.75, 3.05) is 0 Å². The third-order valence-corrected chi connectivity index (χ3v) is 7.87. The van der Waals surface area contributed by atoms with Gasteiger partial charge in [0, 0.05) is 0 Å². The molecule has 0 unspecified atom stereocenters. The summed E-state index contributed by atoms with van der Waals surface area (Å²) < 4.78 is 0. The van der Waals surface area contributed by atoms with Crippen molar-refractivity contribution in [3.8, 4) is 22.6 Å². The zero-order valence-electron chi connectivity index (χ0n) is 20.2. The quantitative estimate of drug-likeness (QED) is 0.306. The fourth-order valence-corrected chi connectivity index (χ4v) is 5.88. The number of aromatic hydroxyl groups is 2. The average Bonchev–Trinajstić information content (AvgIpc) is 3.12. The van der Waals surface area contributed by atoms with Crippen molar-refractivity contribution in [3.05, 3.63) is 116 Å². The molecule has 0 spiro atoms. The molecule has 2 heteroatoms. The van der Waals surface area contributed by atoms with Gasteiger partial charge in [0.25, 0.3) is 0 Å². The summed E-state index contributed by atoms with van der Waals surface area (Å²) in [5, 5.41) is 21.5. The molecule has 0 amide bonds. The Morgan fingerprint density at radius 2 is 0.848 bits per heavy atom. The minimum absolute atomic E-state index is 0.362. The van der Waals surface area contributed by atoms with Crippen molar-refractivity contribution in [2.24, 2.45) is 0 Å². The molecule has 0 bridgehead atoms. The Kier molecular flexibility index (Phi) is 4.68. The van der Waals surface area contributed by atoms with Crippen molar-refractivity contribution in [3.63, 3.8) is 0 Å². The first-order chi connectivity index (χ1) is 15.7. The van der Waals surface area contributed by atoms with E-state index in [1.54, 1.807) is 0 Å². The Morgan fingerprint density at radius 1 is 0.485 bits per heavy atom. The zero-order valence-corrected chi connectivity index (χ0v) is 20.2. The second-order valence-electron chi connectivity index (χ2n) is 9.52. The summed E-state index contributed by atoms with van der Waals surface area (Å²) in [5.41, 5.74) is 12.5. The lowest BCUT2D eigenvalue weighted by Gasteiger charge is -2.38. The zero-order chi connectivity index (χ0) is 23.7. The lowest BCUT2D eigenvalue weighted by atomic mass is 9.64. The predicted octanol–water partition coefficient (Wildman–Crippen LogP) is 7.31. The number of rotatable bonds is 2. The van der Waals surface area contributed by atoms with Crippen LogP contribution < -0.4 is 0 Å². The van der Waals surface area contributed by atoms with Crippen LogP contribution in [0.25, 0.3) is 11.1 Å². The highest BCUT2D eigenvalue weighted by Crippen LogP contribution is 2.58. The second-order valence-corrected chi connectivity index (χ2v) is 9.52. The molecule has 1 aliphatic carbocycles. The molecule has 4 aromatic rings. The maximum Gasteiger partial charge on any atom is 0.121 e. The number of fused-ring (bicyclic) bond motifs is 3. The lowest BCUT2D eigenvalue weighted by Crippen LogP contribution is -2.31. The molecule has 1 aliphatic rings. The van der Waals surface area contributed by atoms with E-state index in [0.717, 1.165) is 33.4 Å². The summed E-state index contributed by atoms with van der Waals surface area (Å²) in [6.07, 6.45) is 0. The third-order valence-electron chi connectivity index (χ3n) is 7.87. The van der Waals surface area contributed by atoms with E-state index >= 15 is 0 Å². The summed E-state index contributed by atoms with van der Waals surface area (Å²) >= 11 is 0. The van der Waals surface area contributed by atoms with Gasteiger partial charge in [0.05, 0.1) is 5.41 Å². The molecule has 0 fully saturated rings. The van der Waals surface area contributed by atoms with E-state index in [9.17, 15) is 10.2 Å². The normalized spacial score (nSPS) is 13.6. The summed E-state index contributed by atoms with van der Waals surface area (Å²) in [5.74, 6) is 0.724. The van der Waals surface area contributed by atoms with Crippen LogP contribution in [0.1, 0.15) is 55.6 Å². The van der Waals surface area contributed by atoms with Gasteiger partial charge in [-0.05, 0) is 108 Å². The Labute approximate surface area is 196 Å². The van der Waals surface area contributed by atoms with Crippen LogP contribution in [0.2, 0.25) is 0 Å². The first-order valence-electron chi connectivity index (χ1n) is 11.5. The van der Waals surface area contributed by atoms with Crippen LogP contribution in [-0.2, 0) is 5.41 Å². The van der Waals surface area contributed by atoms with Gasteiger partial charge in [0.2, 0.25) is 0 Å². The van der Waals surface area contributed by atoms with Crippen molar-refractivity contribution >= 4 is 0 Å². The molecule has 4 aromatic carbocycles. The summed E-state index contributed by atoms with van der Waals surface area (Å²) in [7, 11) is 0.